The predicted octanol–water partition coefficient (Wildman–Crippen LogP) is 2.01. The van der Waals surface area contributed by atoms with Gasteiger partial charge in [0.15, 0.2) is 0 Å². The van der Waals surface area contributed by atoms with Gasteiger partial charge in [-0.15, -0.1) is 0 Å². The van der Waals surface area contributed by atoms with Crippen molar-refractivity contribution in [1.29, 1.82) is 0 Å². The molecular weight excluding hydrogens is 224 g/mol. The number of aliphatic carboxylic acids is 1. The molecule has 0 aliphatic rings. The van der Waals surface area contributed by atoms with Crippen molar-refractivity contribution >= 4 is 21.9 Å². The van der Waals surface area contributed by atoms with Crippen molar-refractivity contribution in [1.82, 2.24) is 0 Å². The molecule has 3 nitrogen and oxygen atoms in total. The lowest BCUT2D eigenvalue weighted by Gasteiger charge is -2.04. The van der Waals surface area contributed by atoms with Crippen LogP contribution in [0, 0.1) is 0 Å². The summed E-state index contributed by atoms with van der Waals surface area (Å²) >= 11 is 3.10. The summed E-state index contributed by atoms with van der Waals surface area (Å²) in [6.07, 6.45) is -1.71. The summed E-state index contributed by atoms with van der Waals surface area (Å²) in [5.41, 5.74) is 0.255. The van der Waals surface area contributed by atoms with Gasteiger partial charge in [0.1, 0.15) is 0 Å². The first-order chi connectivity index (χ1) is 5.63. The van der Waals surface area contributed by atoms with Crippen LogP contribution in [0.3, 0.4) is 0 Å². The lowest BCUT2D eigenvalue weighted by molar-refractivity contribution is -0.150. The molecule has 1 N–H and O–H groups in total. The second kappa shape index (κ2) is 3.69. The molecule has 1 aromatic rings. The van der Waals surface area contributed by atoms with E-state index in [0.717, 1.165) is 0 Å². The Hall–Kier alpha value is -0.870. The summed E-state index contributed by atoms with van der Waals surface area (Å²) in [7, 11) is 0. The maximum absolute atomic E-state index is 11.0. The molecule has 0 aliphatic carbocycles. The van der Waals surface area contributed by atoms with Crippen LogP contribution in [0.2, 0.25) is 0 Å². The number of carboxylic acids is 1. The van der Waals surface area contributed by atoms with Crippen LogP contribution in [-0.2, 0) is 9.90 Å². The smallest absolute Gasteiger partial charge is 0.340 e. The van der Waals surface area contributed by atoms with Gasteiger partial charge in [0.05, 0.1) is 0 Å². The number of halogens is 1. The third kappa shape index (κ3) is 1.84. The van der Waals surface area contributed by atoms with Gasteiger partial charge in [-0.1, -0.05) is 34.1 Å². The molecule has 1 aromatic carbocycles. The Bertz CT molecular complexity index is 298. The molecule has 0 bridgehead atoms. The van der Waals surface area contributed by atoms with E-state index in [1.807, 2.05) is 0 Å². The fourth-order valence-electron chi connectivity index (χ4n) is 0.821. The molecule has 1 unspecified atom stereocenters. The third-order valence-corrected chi connectivity index (χ3v) is 2.13. The summed E-state index contributed by atoms with van der Waals surface area (Å²) in [4.78, 5) is 10.3. The summed E-state index contributed by atoms with van der Waals surface area (Å²) in [6.45, 7) is 0. The highest BCUT2D eigenvalue weighted by Crippen LogP contribution is 2.23. The summed E-state index contributed by atoms with van der Waals surface area (Å²) < 4.78 is 0.535. The molecule has 0 amide bonds. The first-order valence-corrected chi connectivity index (χ1v) is 4.05. The zero-order valence-electron chi connectivity index (χ0n) is 6.03. The minimum Gasteiger partial charge on any atom is -0.479 e. The quantitative estimate of drug-likeness (QED) is 0.844. The molecule has 1 atom stereocenters. The number of carboxylic acid groups (broad SMARTS) is 1. The monoisotopic (exact) mass is 229 g/mol. The average Bonchev–Trinajstić information content (AvgIpc) is 2.04. The summed E-state index contributed by atoms with van der Waals surface area (Å²) in [5, 5.41) is 19.4. The first kappa shape index (κ1) is 9.22. The zero-order valence-corrected chi connectivity index (χ0v) is 7.61. The van der Waals surface area contributed by atoms with E-state index in [9.17, 15) is 9.90 Å². The molecule has 0 saturated heterocycles. The molecule has 1 radical (unpaired) electrons. The van der Waals surface area contributed by atoms with E-state index >= 15 is 0 Å². The van der Waals surface area contributed by atoms with E-state index in [0.29, 0.717) is 4.47 Å². The molecule has 0 aliphatic heterocycles. The highest BCUT2D eigenvalue weighted by Gasteiger charge is 2.19. The number of carbonyl (C=O) groups is 1. The second-order valence-corrected chi connectivity index (χ2v) is 3.09. The molecule has 0 heterocycles. The average molecular weight is 230 g/mol. The highest BCUT2D eigenvalue weighted by molar-refractivity contribution is 9.10. The van der Waals surface area contributed by atoms with E-state index < -0.39 is 12.1 Å². The van der Waals surface area contributed by atoms with Gasteiger partial charge in [-0.25, -0.2) is 9.90 Å². The van der Waals surface area contributed by atoms with Crippen molar-refractivity contribution in [3.8, 4) is 0 Å². The maximum atomic E-state index is 11.0. The standard InChI is InChI=1S/C8H6BrO3/c9-6-4-2-1-3-5(6)7(10)8(11)12/h1-4,7H,(H,11,12). The Morgan fingerprint density at radius 2 is 2.00 bits per heavy atom. The summed E-state index contributed by atoms with van der Waals surface area (Å²) in [6, 6.07) is 6.50. The van der Waals surface area contributed by atoms with Crippen LogP contribution >= 0.6 is 15.9 Å². The van der Waals surface area contributed by atoms with Gasteiger partial charge in [0.2, 0.25) is 6.10 Å². The van der Waals surface area contributed by atoms with E-state index in [1.165, 1.54) is 6.07 Å². The van der Waals surface area contributed by atoms with Gasteiger partial charge in [-0.3, -0.25) is 0 Å². The van der Waals surface area contributed by atoms with Crippen molar-refractivity contribution in [2.75, 3.05) is 0 Å². The molecule has 63 valence electrons. The minimum absolute atomic E-state index is 0.255. The lowest BCUT2D eigenvalue weighted by atomic mass is 10.1. The van der Waals surface area contributed by atoms with Gasteiger partial charge in [-0.05, 0) is 6.07 Å². The summed E-state index contributed by atoms with van der Waals surface area (Å²) in [5.74, 6) is -1.36. The molecule has 4 heteroatoms. The SMILES string of the molecule is [O]C(C(=O)O)c1ccccc1Br. The van der Waals surface area contributed by atoms with Crippen LogP contribution in [0.15, 0.2) is 28.7 Å². The van der Waals surface area contributed by atoms with E-state index in [4.69, 9.17) is 5.11 Å². The van der Waals surface area contributed by atoms with Gasteiger partial charge in [0.25, 0.3) is 0 Å². The molecule has 0 aromatic heterocycles. The molecule has 0 spiro atoms. The van der Waals surface area contributed by atoms with Crippen LogP contribution in [0.1, 0.15) is 11.7 Å². The largest absolute Gasteiger partial charge is 0.479 e. The Kier molecular flexibility index (Phi) is 2.83. The molecule has 12 heavy (non-hydrogen) atoms. The van der Waals surface area contributed by atoms with Crippen LogP contribution < -0.4 is 0 Å². The van der Waals surface area contributed by atoms with E-state index in [1.54, 1.807) is 18.2 Å². The van der Waals surface area contributed by atoms with Crippen molar-refractivity contribution in [2.45, 2.75) is 6.10 Å². The van der Waals surface area contributed by atoms with Gasteiger partial charge < -0.3 is 5.11 Å². The molecular formula is C8H6BrO3. The Balaban J connectivity index is 3.02. The van der Waals surface area contributed by atoms with Crippen LogP contribution in [0.4, 0.5) is 0 Å². The van der Waals surface area contributed by atoms with Crippen LogP contribution in [-0.4, -0.2) is 11.1 Å². The second-order valence-electron chi connectivity index (χ2n) is 2.24. The maximum Gasteiger partial charge on any atom is 0.340 e. The number of hydrogen-bond acceptors (Lipinski definition) is 1. The fourth-order valence-corrected chi connectivity index (χ4v) is 1.31. The van der Waals surface area contributed by atoms with Crippen molar-refractivity contribution in [2.24, 2.45) is 0 Å². The predicted molar refractivity (Wildman–Crippen MR) is 45.2 cm³/mol. The lowest BCUT2D eigenvalue weighted by Crippen LogP contribution is -2.09. The Morgan fingerprint density at radius 1 is 1.42 bits per heavy atom. The minimum atomic E-state index is -1.71. The zero-order chi connectivity index (χ0) is 9.14. The topological polar surface area (TPSA) is 57.2 Å². The first-order valence-electron chi connectivity index (χ1n) is 3.26. The number of benzene rings is 1. The Labute approximate surface area is 77.8 Å². The van der Waals surface area contributed by atoms with Crippen LogP contribution in [0.25, 0.3) is 0 Å². The third-order valence-electron chi connectivity index (χ3n) is 1.41. The van der Waals surface area contributed by atoms with Gasteiger partial charge in [-0.2, -0.15) is 0 Å². The van der Waals surface area contributed by atoms with Crippen molar-refractivity contribution in [3.63, 3.8) is 0 Å². The Morgan fingerprint density at radius 3 is 2.50 bits per heavy atom. The normalized spacial score (nSPS) is 12.5. The van der Waals surface area contributed by atoms with Gasteiger partial charge >= 0.3 is 5.97 Å². The van der Waals surface area contributed by atoms with Crippen molar-refractivity contribution < 1.29 is 15.0 Å². The van der Waals surface area contributed by atoms with E-state index in [2.05, 4.69) is 15.9 Å². The molecule has 0 saturated carbocycles. The van der Waals surface area contributed by atoms with E-state index in [-0.39, 0.29) is 5.56 Å². The fraction of sp³-hybridized carbons (Fsp3) is 0.125. The number of hydrogen-bond donors (Lipinski definition) is 1. The van der Waals surface area contributed by atoms with Crippen molar-refractivity contribution in [3.05, 3.63) is 34.3 Å². The molecule has 0 fully saturated rings. The highest BCUT2D eigenvalue weighted by atomic mass is 79.9. The number of rotatable bonds is 2. The molecule has 1 rings (SSSR count). The van der Waals surface area contributed by atoms with Gasteiger partial charge in [0, 0.05) is 10.0 Å². The van der Waals surface area contributed by atoms with Crippen LogP contribution in [0.5, 0.6) is 0 Å².